The predicted molar refractivity (Wildman–Crippen MR) is 81.2 cm³/mol. The van der Waals surface area contributed by atoms with Crippen molar-refractivity contribution >= 4 is 11.6 Å². The van der Waals surface area contributed by atoms with Crippen molar-refractivity contribution in [2.24, 2.45) is 0 Å². The summed E-state index contributed by atoms with van der Waals surface area (Å²) in [5, 5.41) is 8.30. The molecule has 1 N–H and O–H groups in total. The van der Waals surface area contributed by atoms with Crippen LogP contribution in [0.4, 0.5) is 0 Å². The Morgan fingerprint density at radius 2 is 2.10 bits per heavy atom. The lowest BCUT2D eigenvalue weighted by Gasteiger charge is -2.22. The van der Waals surface area contributed by atoms with Crippen LogP contribution in [0.3, 0.4) is 0 Å². The average molecular weight is 308 g/mol. The second kappa shape index (κ2) is 5.95. The van der Waals surface area contributed by atoms with Gasteiger partial charge in [-0.1, -0.05) is 17.7 Å². The Morgan fingerprint density at radius 3 is 2.76 bits per heavy atom. The van der Waals surface area contributed by atoms with Crippen molar-refractivity contribution in [2.75, 3.05) is 20.3 Å². The van der Waals surface area contributed by atoms with Crippen molar-refractivity contribution in [1.82, 2.24) is 15.1 Å². The van der Waals surface area contributed by atoms with Crippen LogP contribution in [0.5, 0.6) is 11.5 Å². The number of hydrogen-bond acceptors (Lipinski definition) is 4. The van der Waals surface area contributed by atoms with Gasteiger partial charge >= 0.3 is 0 Å². The van der Waals surface area contributed by atoms with E-state index in [0.717, 1.165) is 22.8 Å². The summed E-state index contributed by atoms with van der Waals surface area (Å²) < 4.78 is 13.1. The summed E-state index contributed by atoms with van der Waals surface area (Å²) in [4.78, 5) is 0. The molecule has 1 aromatic carbocycles. The van der Waals surface area contributed by atoms with Crippen LogP contribution < -0.4 is 14.8 Å². The zero-order valence-corrected chi connectivity index (χ0v) is 12.9. The van der Waals surface area contributed by atoms with Crippen LogP contribution in [0.15, 0.2) is 24.4 Å². The van der Waals surface area contributed by atoms with Crippen LogP contribution in [0.2, 0.25) is 5.02 Å². The number of hydrogen-bond donors (Lipinski definition) is 1. The molecule has 21 heavy (non-hydrogen) atoms. The van der Waals surface area contributed by atoms with Gasteiger partial charge in [-0.15, -0.1) is 0 Å². The van der Waals surface area contributed by atoms with Crippen LogP contribution in [0.25, 0.3) is 0 Å². The molecule has 0 saturated heterocycles. The summed E-state index contributed by atoms with van der Waals surface area (Å²) >= 11 is 6.06. The second-order valence-corrected chi connectivity index (χ2v) is 5.41. The number of likely N-dealkylation sites (N-methyl/N-ethyl adjacent to an activating group) is 1. The van der Waals surface area contributed by atoms with Gasteiger partial charge in [-0.3, -0.25) is 4.68 Å². The fourth-order valence-electron chi connectivity index (χ4n) is 2.42. The van der Waals surface area contributed by atoms with Crippen molar-refractivity contribution in [3.8, 4) is 11.5 Å². The Kier molecular flexibility index (Phi) is 4.03. The highest BCUT2D eigenvalue weighted by molar-refractivity contribution is 6.31. The van der Waals surface area contributed by atoms with E-state index in [1.165, 1.54) is 0 Å². The van der Waals surface area contributed by atoms with Gasteiger partial charge in [-0.05, 0) is 31.7 Å². The Balaban J connectivity index is 1.84. The summed E-state index contributed by atoms with van der Waals surface area (Å²) in [7, 11) is 1.93. The maximum Gasteiger partial charge on any atom is 0.161 e. The van der Waals surface area contributed by atoms with Gasteiger partial charge in [0.1, 0.15) is 13.2 Å². The fraction of sp³-hybridized carbons (Fsp3) is 0.400. The van der Waals surface area contributed by atoms with Crippen molar-refractivity contribution in [2.45, 2.75) is 19.5 Å². The molecule has 0 saturated carbocycles. The molecule has 0 radical (unpaired) electrons. The van der Waals surface area contributed by atoms with Crippen LogP contribution in [0.1, 0.15) is 17.3 Å². The molecule has 2 heterocycles. The number of aromatic nitrogens is 2. The number of nitrogens with zero attached hydrogens (tertiary/aromatic N) is 2. The first-order chi connectivity index (χ1) is 10.2. The molecule has 3 rings (SSSR count). The van der Waals surface area contributed by atoms with Gasteiger partial charge < -0.3 is 14.8 Å². The van der Waals surface area contributed by atoms with Crippen LogP contribution >= 0.6 is 11.6 Å². The number of benzene rings is 1. The van der Waals surface area contributed by atoms with Gasteiger partial charge in [0.2, 0.25) is 0 Å². The summed E-state index contributed by atoms with van der Waals surface area (Å²) in [6, 6.07) is 6.15. The monoisotopic (exact) mass is 307 g/mol. The van der Waals surface area contributed by atoms with E-state index in [2.05, 4.69) is 16.5 Å². The SMILES string of the molecule is CNC(Cn1ncc(Cl)c1C)c1ccc2c(c1)OCCO2. The van der Waals surface area contributed by atoms with E-state index in [-0.39, 0.29) is 6.04 Å². The van der Waals surface area contributed by atoms with E-state index in [1.54, 1.807) is 6.20 Å². The predicted octanol–water partition coefficient (Wildman–Crippen LogP) is 2.58. The molecule has 0 fully saturated rings. The molecular formula is C15H18ClN3O2. The van der Waals surface area contributed by atoms with Crippen molar-refractivity contribution < 1.29 is 9.47 Å². The minimum Gasteiger partial charge on any atom is -0.486 e. The molecule has 0 spiro atoms. The highest BCUT2D eigenvalue weighted by Crippen LogP contribution is 2.33. The summed E-state index contributed by atoms with van der Waals surface area (Å²) in [5.74, 6) is 1.60. The number of ether oxygens (including phenoxy) is 2. The molecule has 1 unspecified atom stereocenters. The van der Waals surface area contributed by atoms with Crippen molar-refractivity contribution in [1.29, 1.82) is 0 Å². The maximum absolute atomic E-state index is 6.06. The topological polar surface area (TPSA) is 48.3 Å². The quantitative estimate of drug-likeness (QED) is 0.943. The van der Waals surface area contributed by atoms with Crippen LogP contribution in [-0.2, 0) is 6.54 Å². The second-order valence-electron chi connectivity index (χ2n) is 5.00. The minimum absolute atomic E-state index is 0.121. The Hall–Kier alpha value is -1.72. The standard InChI is InChI=1S/C15H18ClN3O2/c1-10-12(16)8-18-19(10)9-13(17-2)11-3-4-14-15(7-11)21-6-5-20-14/h3-4,7-8,13,17H,5-6,9H2,1-2H3. The lowest BCUT2D eigenvalue weighted by Crippen LogP contribution is -2.23. The van der Waals surface area contributed by atoms with Crippen LogP contribution in [0, 0.1) is 6.92 Å². The lowest BCUT2D eigenvalue weighted by molar-refractivity contribution is 0.171. The number of fused-ring (bicyclic) bond motifs is 1. The molecule has 1 aromatic heterocycles. The van der Waals surface area contributed by atoms with E-state index in [9.17, 15) is 0 Å². The molecule has 1 aliphatic heterocycles. The van der Waals surface area contributed by atoms with Crippen LogP contribution in [-0.4, -0.2) is 30.0 Å². The van der Waals surface area contributed by atoms with E-state index >= 15 is 0 Å². The van der Waals surface area contributed by atoms with Gasteiger partial charge in [0.25, 0.3) is 0 Å². The number of nitrogens with one attached hydrogen (secondary N) is 1. The highest BCUT2D eigenvalue weighted by atomic mass is 35.5. The van der Waals surface area contributed by atoms with E-state index in [0.29, 0.717) is 24.8 Å². The smallest absolute Gasteiger partial charge is 0.161 e. The molecule has 0 bridgehead atoms. The molecule has 0 aliphatic carbocycles. The summed E-state index contributed by atoms with van der Waals surface area (Å²) in [6.45, 7) is 3.86. The molecule has 5 nitrogen and oxygen atoms in total. The largest absolute Gasteiger partial charge is 0.486 e. The zero-order chi connectivity index (χ0) is 14.8. The third-order valence-corrected chi connectivity index (χ3v) is 4.09. The third-order valence-electron chi connectivity index (χ3n) is 3.72. The van der Waals surface area contributed by atoms with E-state index in [1.807, 2.05) is 30.8 Å². The Labute approximate surface area is 128 Å². The van der Waals surface area contributed by atoms with E-state index < -0.39 is 0 Å². The Bertz CT molecular complexity index is 642. The lowest BCUT2D eigenvalue weighted by atomic mass is 10.1. The first kappa shape index (κ1) is 14.2. The number of rotatable bonds is 4. The molecule has 1 atom stereocenters. The minimum atomic E-state index is 0.121. The van der Waals surface area contributed by atoms with Crippen molar-refractivity contribution in [3.63, 3.8) is 0 Å². The number of halogens is 1. The molecule has 2 aromatic rings. The fourth-order valence-corrected chi connectivity index (χ4v) is 2.56. The first-order valence-corrected chi connectivity index (χ1v) is 7.31. The summed E-state index contributed by atoms with van der Waals surface area (Å²) in [6.07, 6.45) is 1.67. The van der Waals surface area contributed by atoms with Gasteiger partial charge in [-0.2, -0.15) is 5.10 Å². The molecule has 6 heteroatoms. The highest BCUT2D eigenvalue weighted by Gasteiger charge is 2.17. The third kappa shape index (κ3) is 2.84. The van der Waals surface area contributed by atoms with Gasteiger partial charge in [-0.25, -0.2) is 0 Å². The summed E-state index contributed by atoms with van der Waals surface area (Å²) in [5.41, 5.74) is 2.10. The molecule has 0 amide bonds. The Morgan fingerprint density at radius 1 is 1.33 bits per heavy atom. The van der Waals surface area contributed by atoms with Gasteiger partial charge in [0, 0.05) is 0 Å². The normalized spacial score (nSPS) is 15.0. The molecule has 1 aliphatic rings. The zero-order valence-electron chi connectivity index (χ0n) is 12.1. The molecular weight excluding hydrogens is 290 g/mol. The average Bonchev–Trinajstić information content (AvgIpc) is 2.84. The van der Waals surface area contributed by atoms with Gasteiger partial charge in [0.05, 0.1) is 29.5 Å². The van der Waals surface area contributed by atoms with Crippen molar-refractivity contribution in [3.05, 3.63) is 40.7 Å². The maximum atomic E-state index is 6.06. The van der Waals surface area contributed by atoms with E-state index in [4.69, 9.17) is 21.1 Å². The first-order valence-electron chi connectivity index (χ1n) is 6.93. The van der Waals surface area contributed by atoms with Gasteiger partial charge in [0.15, 0.2) is 11.5 Å². The molecule has 112 valence electrons.